The van der Waals surface area contributed by atoms with Gasteiger partial charge >= 0.3 is 0 Å². The number of hydrogen-bond donors (Lipinski definition) is 1. The Balaban J connectivity index is 2.27. The monoisotopic (exact) mass is 250 g/mol. The lowest BCUT2D eigenvalue weighted by Crippen LogP contribution is -2.27. The van der Waals surface area contributed by atoms with Crippen LogP contribution in [0.25, 0.3) is 0 Å². The zero-order chi connectivity index (χ0) is 13.3. The lowest BCUT2D eigenvalue weighted by atomic mass is 10.0. The molecular weight excluding hydrogens is 224 g/mol. The molecular formula is C14H26N4. The van der Waals surface area contributed by atoms with Crippen LogP contribution >= 0.6 is 0 Å². The zero-order valence-corrected chi connectivity index (χ0v) is 12.1. The SMILES string of the molecule is CC1CCCN(c2c(N)c(C(C)C)nn2C)CC1. The second kappa shape index (κ2) is 5.21. The number of nitrogen functional groups attached to an aromatic ring is 1. The van der Waals surface area contributed by atoms with Gasteiger partial charge in [-0.15, -0.1) is 0 Å². The molecule has 102 valence electrons. The van der Waals surface area contributed by atoms with E-state index in [-0.39, 0.29) is 0 Å². The predicted molar refractivity (Wildman–Crippen MR) is 76.9 cm³/mol. The van der Waals surface area contributed by atoms with Crippen LogP contribution in [0.1, 0.15) is 51.6 Å². The molecule has 1 aliphatic heterocycles. The summed E-state index contributed by atoms with van der Waals surface area (Å²) >= 11 is 0. The van der Waals surface area contributed by atoms with Crippen molar-refractivity contribution in [3.05, 3.63) is 5.69 Å². The van der Waals surface area contributed by atoms with Gasteiger partial charge in [-0.25, -0.2) is 0 Å². The van der Waals surface area contributed by atoms with Crippen LogP contribution in [0.5, 0.6) is 0 Å². The number of aryl methyl sites for hydroxylation is 1. The molecule has 4 nitrogen and oxygen atoms in total. The zero-order valence-electron chi connectivity index (χ0n) is 12.1. The number of rotatable bonds is 2. The molecule has 1 unspecified atom stereocenters. The lowest BCUT2D eigenvalue weighted by Gasteiger charge is -2.23. The lowest BCUT2D eigenvalue weighted by molar-refractivity contribution is 0.520. The number of aromatic nitrogens is 2. The van der Waals surface area contributed by atoms with Gasteiger partial charge in [0.1, 0.15) is 5.82 Å². The molecule has 0 radical (unpaired) electrons. The van der Waals surface area contributed by atoms with E-state index in [4.69, 9.17) is 5.73 Å². The third-order valence-electron chi connectivity index (χ3n) is 3.94. The van der Waals surface area contributed by atoms with Crippen LogP contribution in [-0.2, 0) is 7.05 Å². The maximum absolute atomic E-state index is 6.30. The van der Waals surface area contributed by atoms with Crippen LogP contribution in [0, 0.1) is 5.92 Å². The smallest absolute Gasteiger partial charge is 0.150 e. The van der Waals surface area contributed by atoms with Crippen LogP contribution in [0.15, 0.2) is 0 Å². The standard InChI is InChI=1S/C14H26N4/c1-10(2)13-12(15)14(17(4)16-13)18-8-5-6-11(3)7-9-18/h10-11H,5-9,15H2,1-4H3. The summed E-state index contributed by atoms with van der Waals surface area (Å²) in [6.07, 6.45) is 3.83. The van der Waals surface area contributed by atoms with Gasteiger partial charge in [-0.2, -0.15) is 5.10 Å². The maximum atomic E-state index is 6.30. The highest BCUT2D eigenvalue weighted by Gasteiger charge is 2.22. The summed E-state index contributed by atoms with van der Waals surface area (Å²) in [4.78, 5) is 2.41. The molecule has 0 aromatic carbocycles. The third kappa shape index (κ3) is 2.47. The minimum Gasteiger partial charge on any atom is -0.394 e. The van der Waals surface area contributed by atoms with Gasteiger partial charge < -0.3 is 10.6 Å². The molecule has 4 heteroatoms. The van der Waals surface area contributed by atoms with Crippen molar-refractivity contribution in [3.63, 3.8) is 0 Å². The molecule has 0 amide bonds. The summed E-state index contributed by atoms with van der Waals surface area (Å²) < 4.78 is 1.96. The Bertz CT molecular complexity index is 408. The number of anilines is 2. The van der Waals surface area contributed by atoms with Crippen LogP contribution in [-0.4, -0.2) is 22.9 Å². The van der Waals surface area contributed by atoms with Crippen LogP contribution < -0.4 is 10.6 Å². The maximum Gasteiger partial charge on any atom is 0.150 e. The van der Waals surface area contributed by atoms with E-state index in [2.05, 4.69) is 30.8 Å². The van der Waals surface area contributed by atoms with E-state index < -0.39 is 0 Å². The highest BCUT2D eigenvalue weighted by Crippen LogP contribution is 2.32. The van der Waals surface area contributed by atoms with Gasteiger partial charge in [-0.05, 0) is 31.1 Å². The molecule has 1 atom stereocenters. The summed E-state index contributed by atoms with van der Waals surface area (Å²) in [5.74, 6) is 2.33. The van der Waals surface area contributed by atoms with E-state index >= 15 is 0 Å². The molecule has 2 rings (SSSR count). The minimum atomic E-state index is 0.385. The van der Waals surface area contributed by atoms with E-state index in [9.17, 15) is 0 Å². The molecule has 2 heterocycles. The second-order valence-electron chi connectivity index (χ2n) is 5.92. The Morgan fingerprint density at radius 3 is 2.61 bits per heavy atom. The summed E-state index contributed by atoms with van der Waals surface area (Å²) in [5, 5.41) is 4.58. The van der Waals surface area contributed by atoms with Crippen molar-refractivity contribution in [1.82, 2.24) is 9.78 Å². The van der Waals surface area contributed by atoms with Crippen molar-refractivity contribution in [3.8, 4) is 0 Å². The molecule has 18 heavy (non-hydrogen) atoms. The molecule has 0 bridgehead atoms. The molecule has 1 saturated heterocycles. The average molecular weight is 250 g/mol. The van der Waals surface area contributed by atoms with Crippen LogP contribution in [0.4, 0.5) is 11.5 Å². The first-order chi connectivity index (χ1) is 8.50. The van der Waals surface area contributed by atoms with E-state index in [1.54, 1.807) is 0 Å². The predicted octanol–water partition coefficient (Wildman–Crippen LogP) is 2.75. The molecule has 1 aliphatic rings. The first-order valence-electron chi connectivity index (χ1n) is 7.08. The molecule has 0 aliphatic carbocycles. The van der Waals surface area contributed by atoms with Crippen molar-refractivity contribution >= 4 is 11.5 Å². The normalized spacial score (nSPS) is 21.4. The summed E-state index contributed by atoms with van der Waals surface area (Å²) in [5.41, 5.74) is 8.21. The number of hydrogen-bond acceptors (Lipinski definition) is 3. The highest BCUT2D eigenvalue weighted by molar-refractivity contribution is 5.67. The Morgan fingerprint density at radius 1 is 1.28 bits per heavy atom. The van der Waals surface area contributed by atoms with Gasteiger partial charge in [0.05, 0.1) is 11.4 Å². The number of nitrogens with two attached hydrogens (primary N) is 1. The Morgan fingerprint density at radius 2 is 2.00 bits per heavy atom. The number of nitrogens with zero attached hydrogens (tertiary/aromatic N) is 3. The van der Waals surface area contributed by atoms with Crippen LogP contribution in [0.3, 0.4) is 0 Å². The minimum absolute atomic E-state index is 0.385. The summed E-state index contributed by atoms with van der Waals surface area (Å²) in [7, 11) is 2.01. The molecule has 0 spiro atoms. The fourth-order valence-electron chi connectivity index (χ4n) is 2.83. The van der Waals surface area contributed by atoms with Crippen LogP contribution in [0.2, 0.25) is 0 Å². The fraction of sp³-hybridized carbons (Fsp3) is 0.786. The molecule has 0 saturated carbocycles. The quantitative estimate of drug-likeness (QED) is 0.878. The largest absolute Gasteiger partial charge is 0.394 e. The summed E-state index contributed by atoms with van der Waals surface area (Å²) in [6.45, 7) is 8.84. The summed E-state index contributed by atoms with van der Waals surface area (Å²) in [6, 6.07) is 0. The van der Waals surface area contributed by atoms with E-state index in [0.717, 1.165) is 36.2 Å². The fourth-order valence-corrected chi connectivity index (χ4v) is 2.83. The topological polar surface area (TPSA) is 47.1 Å². The van der Waals surface area contributed by atoms with Gasteiger partial charge in [0, 0.05) is 20.1 Å². The molecule has 2 N–H and O–H groups in total. The third-order valence-corrected chi connectivity index (χ3v) is 3.94. The van der Waals surface area contributed by atoms with Gasteiger partial charge in [0.25, 0.3) is 0 Å². The first-order valence-corrected chi connectivity index (χ1v) is 7.08. The molecule has 1 aromatic heterocycles. The van der Waals surface area contributed by atoms with Gasteiger partial charge in [0.2, 0.25) is 0 Å². The van der Waals surface area contributed by atoms with Gasteiger partial charge in [-0.1, -0.05) is 20.8 Å². The Kier molecular flexibility index (Phi) is 3.83. The average Bonchev–Trinajstić information content (AvgIpc) is 2.48. The highest BCUT2D eigenvalue weighted by atomic mass is 15.4. The molecule has 1 aromatic rings. The van der Waals surface area contributed by atoms with E-state index in [1.807, 2.05) is 11.7 Å². The van der Waals surface area contributed by atoms with Crippen molar-refractivity contribution in [1.29, 1.82) is 0 Å². The Labute approximate surface area is 110 Å². The van der Waals surface area contributed by atoms with E-state index in [1.165, 1.54) is 19.3 Å². The van der Waals surface area contributed by atoms with Crippen molar-refractivity contribution in [2.45, 2.75) is 46.0 Å². The van der Waals surface area contributed by atoms with Crippen molar-refractivity contribution in [2.75, 3.05) is 23.7 Å². The second-order valence-corrected chi connectivity index (χ2v) is 5.92. The van der Waals surface area contributed by atoms with Crippen molar-refractivity contribution in [2.24, 2.45) is 13.0 Å². The van der Waals surface area contributed by atoms with Gasteiger partial charge in [-0.3, -0.25) is 4.68 Å². The van der Waals surface area contributed by atoms with Gasteiger partial charge in [0.15, 0.2) is 0 Å². The Hall–Kier alpha value is -1.19. The van der Waals surface area contributed by atoms with E-state index in [0.29, 0.717) is 5.92 Å². The first kappa shape index (κ1) is 13.2. The van der Waals surface area contributed by atoms with Crippen molar-refractivity contribution < 1.29 is 0 Å². The molecule has 1 fully saturated rings.